The molecule has 0 radical (unpaired) electrons. The maximum Gasteiger partial charge on any atom is 0.228 e. The number of fused-ring (bicyclic) bond motifs is 1. The van der Waals surface area contributed by atoms with E-state index in [0.717, 1.165) is 27.7 Å². The van der Waals surface area contributed by atoms with Crippen LogP contribution in [0.1, 0.15) is 32.8 Å². The Bertz CT molecular complexity index is 792. The summed E-state index contributed by atoms with van der Waals surface area (Å²) in [6.45, 7) is 5.98. The minimum absolute atomic E-state index is 0.0589. The van der Waals surface area contributed by atoms with Crippen LogP contribution in [-0.4, -0.2) is 5.78 Å². The van der Waals surface area contributed by atoms with Gasteiger partial charge in [-0.05, 0) is 32.9 Å². The van der Waals surface area contributed by atoms with Gasteiger partial charge in [0.15, 0.2) is 5.76 Å². The molecule has 0 aliphatic heterocycles. The number of rotatable bonds is 2. The summed E-state index contributed by atoms with van der Waals surface area (Å²) >= 11 is 0. The van der Waals surface area contributed by atoms with Crippen LogP contribution >= 0.6 is 0 Å². The number of carbonyl (C=O) groups is 1. The molecule has 1 heterocycles. The van der Waals surface area contributed by atoms with Crippen molar-refractivity contribution in [2.24, 2.45) is 0 Å². The molecule has 2 aromatic carbocycles. The summed E-state index contributed by atoms with van der Waals surface area (Å²) in [4.78, 5) is 12.5. The zero-order valence-electron chi connectivity index (χ0n) is 11.9. The highest BCUT2D eigenvalue weighted by Gasteiger charge is 2.19. The summed E-state index contributed by atoms with van der Waals surface area (Å²) in [5, 5.41) is 1.01. The molecule has 20 heavy (non-hydrogen) atoms. The van der Waals surface area contributed by atoms with Crippen molar-refractivity contribution in [3.8, 4) is 0 Å². The molecule has 2 heteroatoms. The molecule has 0 bridgehead atoms. The molecule has 0 aliphatic carbocycles. The Morgan fingerprint density at radius 3 is 2.25 bits per heavy atom. The second-order valence-electron chi connectivity index (χ2n) is 5.25. The van der Waals surface area contributed by atoms with Gasteiger partial charge < -0.3 is 4.42 Å². The Labute approximate surface area is 118 Å². The molecule has 3 aromatic rings. The molecule has 1 aromatic heterocycles. The molecule has 0 saturated heterocycles. The van der Waals surface area contributed by atoms with E-state index >= 15 is 0 Å². The second-order valence-corrected chi connectivity index (χ2v) is 5.25. The highest BCUT2D eigenvalue weighted by atomic mass is 16.3. The minimum Gasteiger partial charge on any atom is -0.452 e. The van der Waals surface area contributed by atoms with E-state index in [0.29, 0.717) is 11.3 Å². The second kappa shape index (κ2) is 4.64. The molecule has 0 aliphatic rings. The molecule has 0 N–H and O–H groups in total. The molecule has 0 atom stereocenters. The Morgan fingerprint density at radius 2 is 1.55 bits per heavy atom. The van der Waals surface area contributed by atoms with Crippen LogP contribution in [0.2, 0.25) is 0 Å². The van der Waals surface area contributed by atoms with Gasteiger partial charge in [0.1, 0.15) is 5.58 Å². The van der Waals surface area contributed by atoms with Gasteiger partial charge in [0, 0.05) is 16.5 Å². The third-order valence-electron chi connectivity index (χ3n) is 3.61. The maximum absolute atomic E-state index is 12.5. The number of benzene rings is 2. The fourth-order valence-electron chi connectivity index (χ4n) is 2.39. The first-order valence-electron chi connectivity index (χ1n) is 6.67. The Balaban J connectivity index is 2.12. The first-order chi connectivity index (χ1) is 9.56. The number of hydrogen-bond donors (Lipinski definition) is 0. The molecule has 0 saturated carbocycles. The first-order valence-corrected chi connectivity index (χ1v) is 6.67. The molecule has 0 spiro atoms. The molecule has 0 unspecified atom stereocenters. The predicted molar refractivity (Wildman–Crippen MR) is 80.3 cm³/mol. The van der Waals surface area contributed by atoms with Gasteiger partial charge in [-0.2, -0.15) is 0 Å². The molecule has 100 valence electrons. The molecule has 2 nitrogen and oxygen atoms in total. The van der Waals surface area contributed by atoms with Gasteiger partial charge in [-0.3, -0.25) is 4.79 Å². The van der Waals surface area contributed by atoms with Crippen LogP contribution < -0.4 is 0 Å². The SMILES string of the molecule is Cc1ccc(C(=O)c2oc3ccc(C)cc3c2C)cc1. The highest BCUT2D eigenvalue weighted by molar-refractivity contribution is 6.10. The fraction of sp³-hybridized carbons (Fsp3) is 0.167. The number of furan rings is 1. The van der Waals surface area contributed by atoms with Crippen molar-refractivity contribution in [3.05, 3.63) is 70.5 Å². The molecule has 3 rings (SSSR count). The van der Waals surface area contributed by atoms with Crippen molar-refractivity contribution in [1.29, 1.82) is 0 Å². The minimum atomic E-state index is -0.0589. The summed E-state index contributed by atoms with van der Waals surface area (Å²) in [5.41, 5.74) is 4.64. The van der Waals surface area contributed by atoms with E-state index in [-0.39, 0.29) is 5.78 Å². The third-order valence-corrected chi connectivity index (χ3v) is 3.61. The van der Waals surface area contributed by atoms with E-state index in [1.807, 2.05) is 57.2 Å². The van der Waals surface area contributed by atoms with Crippen molar-refractivity contribution < 1.29 is 9.21 Å². The van der Waals surface area contributed by atoms with Crippen LogP contribution in [-0.2, 0) is 0 Å². The largest absolute Gasteiger partial charge is 0.452 e. The van der Waals surface area contributed by atoms with Crippen molar-refractivity contribution in [2.75, 3.05) is 0 Å². The van der Waals surface area contributed by atoms with E-state index in [2.05, 4.69) is 6.07 Å². The summed E-state index contributed by atoms with van der Waals surface area (Å²) in [6, 6.07) is 13.5. The highest BCUT2D eigenvalue weighted by Crippen LogP contribution is 2.27. The molecular formula is C18H16O2. The van der Waals surface area contributed by atoms with Crippen molar-refractivity contribution in [1.82, 2.24) is 0 Å². The van der Waals surface area contributed by atoms with Crippen LogP contribution in [0, 0.1) is 20.8 Å². The first kappa shape index (κ1) is 12.7. The lowest BCUT2D eigenvalue weighted by atomic mass is 10.0. The third kappa shape index (κ3) is 2.03. The zero-order chi connectivity index (χ0) is 14.3. The van der Waals surface area contributed by atoms with Gasteiger partial charge in [-0.1, -0.05) is 41.5 Å². The lowest BCUT2D eigenvalue weighted by Gasteiger charge is -1.99. The van der Waals surface area contributed by atoms with Gasteiger partial charge >= 0.3 is 0 Å². The summed E-state index contributed by atoms with van der Waals surface area (Å²) in [6.07, 6.45) is 0. The number of hydrogen-bond acceptors (Lipinski definition) is 2. The average Bonchev–Trinajstić information content (AvgIpc) is 2.76. The zero-order valence-corrected chi connectivity index (χ0v) is 11.9. The Kier molecular flexibility index (Phi) is 2.94. The number of carbonyl (C=O) groups excluding carboxylic acids is 1. The summed E-state index contributed by atoms with van der Waals surface area (Å²) in [5.74, 6) is 0.380. The normalized spacial score (nSPS) is 10.9. The van der Waals surface area contributed by atoms with Crippen LogP contribution in [0.15, 0.2) is 46.9 Å². The Hall–Kier alpha value is -2.35. The predicted octanol–water partition coefficient (Wildman–Crippen LogP) is 4.59. The molecule has 0 amide bonds. The van der Waals surface area contributed by atoms with Crippen LogP contribution in [0.4, 0.5) is 0 Å². The van der Waals surface area contributed by atoms with Crippen molar-refractivity contribution in [2.45, 2.75) is 20.8 Å². The van der Waals surface area contributed by atoms with Gasteiger partial charge in [0.05, 0.1) is 0 Å². The van der Waals surface area contributed by atoms with E-state index in [1.165, 1.54) is 0 Å². The van der Waals surface area contributed by atoms with Gasteiger partial charge in [-0.25, -0.2) is 0 Å². The quantitative estimate of drug-likeness (QED) is 0.634. The van der Waals surface area contributed by atoms with Crippen LogP contribution in [0.5, 0.6) is 0 Å². The Morgan fingerprint density at radius 1 is 0.900 bits per heavy atom. The monoisotopic (exact) mass is 264 g/mol. The molecule has 0 fully saturated rings. The fourth-order valence-corrected chi connectivity index (χ4v) is 2.39. The van der Waals surface area contributed by atoms with E-state index in [1.54, 1.807) is 0 Å². The summed E-state index contributed by atoms with van der Waals surface area (Å²) < 4.78 is 5.75. The smallest absolute Gasteiger partial charge is 0.228 e. The number of ketones is 1. The van der Waals surface area contributed by atoms with E-state index in [9.17, 15) is 4.79 Å². The van der Waals surface area contributed by atoms with Crippen molar-refractivity contribution >= 4 is 16.8 Å². The maximum atomic E-state index is 12.5. The van der Waals surface area contributed by atoms with E-state index in [4.69, 9.17) is 4.42 Å². The van der Waals surface area contributed by atoms with Gasteiger partial charge in [0.25, 0.3) is 0 Å². The van der Waals surface area contributed by atoms with Crippen LogP contribution in [0.25, 0.3) is 11.0 Å². The standard InChI is InChI=1S/C18H16O2/c1-11-4-7-14(8-5-11)17(19)18-13(3)15-10-12(2)6-9-16(15)20-18/h4-10H,1-3H3. The average molecular weight is 264 g/mol. The lowest BCUT2D eigenvalue weighted by molar-refractivity contribution is 0.101. The van der Waals surface area contributed by atoms with Gasteiger partial charge in [-0.15, -0.1) is 0 Å². The lowest BCUT2D eigenvalue weighted by Crippen LogP contribution is -2.01. The van der Waals surface area contributed by atoms with E-state index < -0.39 is 0 Å². The number of aryl methyl sites for hydroxylation is 3. The summed E-state index contributed by atoms with van der Waals surface area (Å²) in [7, 11) is 0. The van der Waals surface area contributed by atoms with Crippen molar-refractivity contribution in [3.63, 3.8) is 0 Å². The van der Waals surface area contributed by atoms with Gasteiger partial charge in [0.2, 0.25) is 5.78 Å². The molecular weight excluding hydrogens is 248 g/mol. The topological polar surface area (TPSA) is 30.2 Å². The van der Waals surface area contributed by atoms with Crippen LogP contribution in [0.3, 0.4) is 0 Å².